The summed E-state index contributed by atoms with van der Waals surface area (Å²) in [5, 5.41) is 10.6. The highest BCUT2D eigenvalue weighted by molar-refractivity contribution is 5.09. The van der Waals surface area contributed by atoms with Crippen LogP contribution < -0.4 is 0 Å². The van der Waals surface area contributed by atoms with Crippen LogP contribution in [0.3, 0.4) is 0 Å². The largest absolute Gasteiger partial charge is 0.390 e. The second-order valence-corrected chi connectivity index (χ2v) is 10.6. The molecule has 0 saturated heterocycles. The van der Waals surface area contributed by atoms with E-state index in [2.05, 4.69) is 27.7 Å². The van der Waals surface area contributed by atoms with Crippen molar-refractivity contribution in [3.05, 3.63) is 0 Å². The summed E-state index contributed by atoms with van der Waals surface area (Å²) < 4.78 is 0. The predicted octanol–water partition coefficient (Wildman–Crippen LogP) is 5.81. The van der Waals surface area contributed by atoms with E-state index < -0.39 is 0 Å². The van der Waals surface area contributed by atoms with Crippen LogP contribution >= 0.6 is 0 Å². The Morgan fingerprint density at radius 3 is 2.30 bits per heavy atom. The van der Waals surface area contributed by atoms with Crippen molar-refractivity contribution in [2.24, 2.45) is 40.4 Å². The van der Waals surface area contributed by atoms with Crippen molar-refractivity contribution in [2.45, 2.75) is 97.5 Å². The van der Waals surface area contributed by atoms with E-state index in [0.717, 1.165) is 42.4 Å². The van der Waals surface area contributed by atoms with Crippen molar-refractivity contribution >= 4 is 0 Å². The van der Waals surface area contributed by atoms with E-state index in [1.165, 1.54) is 51.4 Å². The van der Waals surface area contributed by atoms with Crippen LogP contribution in [0.5, 0.6) is 0 Å². The third-order valence-corrected chi connectivity index (χ3v) is 9.64. The van der Waals surface area contributed by atoms with Gasteiger partial charge in [-0.05, 0) is 105 Å². The normalized spacial score (nSPS) is 59.1. The Morgan fingerprint density at radius 1 is 0.826 bits per heavy atom. The molecule has 4 fully saturated rings. The van der Waals surface area contributed by atoms with E-state index >= 15 is 0 Å². The van der Waals surface area contributed by atoms with Crippen molar-refractivity contribution in [3.8, 4) is 0 Å². The minimum atomic E-state index is -0.388. The SMILES string of the molecule is CC[C@H]1CC[C@H]2[C@@H]3CC[C@H]4C[C@](C)(O)CC[C@]4(C)[C@H]3CC[C@]12C. The van der Waals surface area contributed by atoms with Gasteiger partial charge >= 0.3 is 0 Å². The lowest BCUT2D eigenvalue weighted by Gasteiger charge is -2.62. The van der Waals surface area contributed by atoms with E-state index in [-0.39, 0.29) is 5.60 Å². The highest BCUT2D eigenvalue weighted by Gasteiger charge is 2.60. The molecule has 0 radical (unpaired) electrons. The Kier molecular flexibility index (Phi) is 3.73. The predicted molar refractivity (Wildman–Crippen MR) is 96.1 cm³/mol. The number of hydrogen-bond donors (Lipinski definition) is 1. The van der Waals surface area contributed by atoms with E-state index in [1.54, 1.807) is 0 Å². The number of aliphatic hydroxyl groups is 1. The molecule has 0 heterocycles. The number of rotatable bonds is 1. The van der Waals surface area contributed by atoms with Crippen LogP contribution in [0.2, 0.25) is 0 Å². The third-order valence-electron chi connectivity index (χ3n) is 9.64. The fraction of sp³-hybridized carbons (Fsp3) is 1.00. The number of hydrogen-bond acceptors (Lipinski definition) is 1. The molecule has 1 heteroatoms. The van der Waals surface area contributed by atoms with Crippen LogP contribution in [0.4, 0.5) is 0 Å². The summed E-state index contributed by atoms with van der Waals surface area (Å²) >= 11 is 0. The lowest BCUT2D eigenvalue weighted by Crippen LogP contribution is -2.55. The first kappa shape index (κ1) is 16.4. The lowest BCUT2D eigenvalue weighted by molar-refractivity contribution is -0.146. The molecule has 0 amide bonds. The first-order chi connectivity index (χ1) is 10.8. The van der Waals surface area contributed by atoms with E-state index in [9.17, 15) is 5.11 Å². The van der Waals surface area contributed by atoms with Crippen molar-refractivity contribution < 1.29 is 5.11 Å². The molecule has 4 rings (SSSR count). The average molecular weight is 319 g/mol. The fourth-order valence-corrected chi connectivity index (χ4v) is 8.21. The van der Waals surface area contributed by atoms with Gasteiger partial charge in [0.15, 0.2) is 0 Å². The molecule has 4 aliphatic carbocycles. The summed E-state index contributed by atoms with van der Waals surface area (Å²) in [6, 6.07) is 0. The zero-order valence-electron chi connectivity index (χ0n) is 15.9. The molecule has 1 N–H and O–H groups in total. The molecule has 132 valence electrons. The molecule has 0 spiro atoms. The summed E-state index contributed by atoms with van der Waals surface area (Å²) in [6.07, 6.45) is 13.6. The summed E-state index contributed by atoms with van der Waals surface area (Å²) in [7, 11) is 0. The molecule has 4 aliphatic rings. The Hall–Kier alpha value is -0.0400. The van der Waals surface area contributed by atoms with Crippen LogP contribution in [0.1, 0.15) is 91.9 Å². The van der Waals surface area contributed by atoms with Gasteiger partial charge in [0.2, 0.25) is 0 Å². The van der Waals surface area contributed by atoms with Crippen LogP contribution in [0, 0.1) is 40.4 Å². The minimum Gasteiger partial charge on any atom is -0.390 e. The second kappa shape index (κ2) is 5.23. The molecule has 1 nitrogen and oxygen atoms in total. The maximum absolute atomic E-state index is 10.6. The molecule has 0 bridgehead atoms. The molecular formula is C22H38O. The van der Waals surface area contributed by atoms with Crippen LogP contribution in [-0.2, 0) is 0 Å². The highest BCUT2D eigenvalue weighted by atomic mass is 16.3. The quantitative estimate of drug-likeness (QED) is 0.647. The maximum Gasteiger partial charge on any atom is 0.0622 e. The molecule has 0 aromatic carbocycles. The smallest absolute Gasteiger partial charge is 0.0622 e. The first-order valence-corrected chi connectivity index (χ1v) is 10.5. The van der Waals surface area contributed by atoms with Gasteiger partial charge in [0, 0.05) is 0 Å². The molecule has 23 heavy (non-hydrogen) atoms. The zero-order chi connectivity index (χ0) is 16.5. The van der Waals surface area contributed by atoms with Gasteiger partial charge in [-0.15, -0.1) is 0 Å². The molecule has 0 unspecified atom stereocenters. The van der Waals surface area contributed by atoms with Gasteiger partial charge in [-0.3, -0.25) is 0 Å². The Balaban J connectivity index is 1.60. The molecule has 0 aromatic rings. The lowest BCUT2D eigenvalue weighted by atomic mass is 9.44. The van der Waals surface area contributed by atoms with Crippen LogP contribution in [0.25, 0.3) is 0 Å². The summed E-state index contributed by atoms with van der Waals surface area (Å²) in [4.78, 5) is 0. The van der Waals surface area contributed by atoms with Gasteiger partial charge in [0.1, 0.15) is 0 Å². The van der Waals surface area contributed by atoms with Gasteiger partial charge in [-0.25, -0.2) is 0 Å². The first-order valence-electron chi connectivity index (χ1n) is 10.5. The standard InChI is InChI=1S/C22H38O/c1-5-15-7-9-18-17-8-6-16-14-20(2,23)12-13-22(16,4)19(17)10-11-21(15,18)3/h15-19,23H,5-14H2,1-4H3/t15-,16-,17-,18-,19-,20+,21+,22-/m0/s1. The van der Waals surface area contributed by atoms with Crippen LogP contribution in [0.15, 0.2) is 0 Å². The van der Waals surface area contributed by atoms with Crippen molar-refractivity contribution in [1.29, 1.82) is 0 Å². The molecule has 4 saturated carbocycles. The van der Waals surface area contributed by atoms with Gasteiger partial charge in [0.05, 0.1) is 5.60 Å². The molecule has 0 aliphatic heterocycles. The summed E-state index contributed by atoms with van der Waals surface area (Å²) in [5.41, 5.74) is 0.789. The molecule has 8 atom stereocenters. The van der Waals surface area contributed by atoms with Gasteiger partial charge in [-0.1, -0.05) is 27.2 Å². The van der Waals surface area contributed by atoms with Crippen LogP contribution in [-0.4, -0.2) is 10.7 Å². The second-order valence-electron chi connectivity index (χ2n) is 10.6. The molecular weight excluding hydrogens is 280 g/mol. The maximum atomic E-state index is 10.6. The highest BCUT2D eigenvalue weighted by Crippen LogP contribution is 2.68. The Labute approximate surface area is 143 Å². The third kappa shape index (κ3) is 2.28. The van der Waals surface area contributed by atoms with Gasteiger partial charge < -0.3 is 5.11 Å². The summed E-state index contributed by atoms with van der Waals surface area (Å²) in [5.74, 6) is 4.72. The average Bonchev–Trinajstić information content (AvgIpc) is 2.84. The van der Waals surface area contributed by atoms with Gasteiger partial charge in [-0.2, -0.15) is 0 Å². The fourth-order valence-electron chi connectivity index (χ4n) is 8.21. The Bertz CT molecular complexity index is 469. The van der Waals surface area contributed by atoms with E-state index in [1.807, 2.05) is 0 Å². The summed E-state index contributed by atoms with van der Waals surface area (Å²) in [6.45, 7) is 9.76. The Morgan fingerprint density at radius 2 is 1.57 bits per heavy atom. The van der Waals surface area contributed by atoms with E-state index in [4.69, 9.17) is 0 Å². The van der Waals surface area contributed by atoms with Crippen molar-refractivity contribution in [2.75, 3.05) is 0 Å². The zero-order valence-corrected chi connectivity index (χ0v) is 15.9. The van der Waals surface area contributed by atoms with Crippen molar-refractivity contribution in [1.82, 2.24) is 0 Å². The van der Waals surface area contributed by atoms with Gasteiger partial charge in [0.25, 0.3) is 0 Å². The van der Waals surface area contributed by atoms with Crippen molar-refractivity contribution in [3.63, 3.8) is 0 Å². The molecule has 0 aromatic heterocycles. The topological polar surface area (TPSA) is 20.2 Å². The minimum absolute atomic E-state index is 0.388. The monoisotopic (exact) mass is 318 g/mol. The van der Waals surface area contributed by atoms with E-state index in [0.29, 0.717) is 10.8 Å². The number of fused-ring (bicyclic) bond motifs is 5.